The zero-order chi connectivity index (χ0) is 15.3. The van der Waals surface area contributed by atoms with Gasteiger partial charge in [0.2, 0.25) is 0 Å². The SMILES string of the molecule is CCn1cnc(S(=O)(=O)Nc2ccc(C#CCN)cc2)c1. The van der Waals surface area contributed by atoms with Gasteiger partial charge in [0.25, 0.3) is 10.0 Å². The second-order valence-corrected chi connectivity index (χ2v) is 5.86. The van der Waals surface area contributed by atoms with Crippen molar-refractivity contribution in [3.8, 4) is 11.8 Å². The van der Waals surface area contributed by atoms with Crippen LogP contribution in [-0.2, 0) is 16.6 Å². The first kappa shape index (κ1) is 15.1. The summed E-state index contributed by atoms with van der Waals surface area (Å²) in [6, 6.07) is 6.75. The van der Waals surface area contributed by atoms with Gasteiger partial charge in [-0.2, -0.15) is 8.42 Å². The topological polar surface area (TPSA) is 90.0 Å². The first-order valence-electron chi connectivity index (χ1n) is 6.38. The molecule has 7 heteroatoms. The van der Waals surface area contributed by atoms with E-state index in [-0.39, 0.29) is 11.6 Å². The van der Waals surface area contributed by atoms with Crippen molar-refractivity contribution in [2.75, 3.05) is 11.3 Å². The maximum atomic E-state index is 12.2. The Kier molecular flexibility index (Phi) is 4.62. The summed E-state index contributed by atoms with van der Waals surface area (Å²) in [4.78, 5) is 3.89. The van der Waals surface area contributed by atoms with Crippen molar-refractivity contribution in [3.63, 3.8) is 0 Å². The van der Waals surface area contributed by atoms with Gasteiger partial charge in [0.05, 0.1) is 12.9 Å². The molecule has 0 saturated heterocycles. The molecule has 21 heavy (non-hydrogen) atoms. The van der Waals surface area contributed by atoms with Crippen molar-refractivity contribution < 1.29 is 8.42 Å². The highest BCUT2D eigenvalue weighted by Crippen LogP contribution is 2.15. The Labute approximate surface area is 124 Å². The van der Waals surface area contributed by atoms with Crippen molar-refractivity contribution in [2.45, 2.75) is 18.5 Å². The van der Waals surface area contributed by atoms with Gasteiger partial charge in [-0.3, -0.25) is 4.72 Å². The Morgan fingerprint density at radius 3 is 2.62 bits per heavy atom. The first-order valence-corrected chi connectivity index (χ1v) is 7.87. The Morgan fingerprint density at radius 2 is 2.05 bits per heavy atom. The normalized spacial score (nSPS) is 10.8. The molecule has 0 amide bonds. The third-order valence-corrected chi connectivity index (χ3v) is 3.99. The molecule has 0 aliphatic heterocycles. The smallest absolute Gasteiger partial charge is 0.280 e. The number of hydrogen-bond acceptors (Lipinski definition) is 4. The lowest BCUT2D eigenvalue weighted by molar-refractivity contribution is 0.598. The maximum absolute atomic E-state index is 12.2. The predicted octanol–water partition coefficient (Wildman–Crippen LogP) is 1.01. The molecular formula is C14H16N4O2S. The van der Waals surface area contributed by atoms with Gasteiger partial charge < -0.3 is 10.3 Å². The number of nitrogens with zero attached hydrogens (tertiary/aromatic N) is 2. The summed E-state index contributed by atoms with van der Waals surface area (Å²) in [5.74, 6) is 5.60. The lowest BCUT2D eigenvalue weighted by Gasteiger charge is -2.05. The average Bonchev–Trinajstić information content (AvgIpc) is 2.96. The summed E-state index contributed by atoms with van der Waals surface area (Å²) in [7, 11) is -3.67. The highest BCUT2D eigenvalue weighted by Gasteiger charge is 2.17. The molecule has 6 nitrogen and oxygen atoms in total. The molecule has 0 unspecified atom stereocenters. The monoisotopic (exact) mass is 304 g/mol. The van der Waals surface area contributed by atoms with Crippen LogP contribution in [-0.4, -0.2) is 24.5 Å². The number of rotatable bonds is 4. The summed E-state index contributed by atoms with van der Waals surface area (Å²) in [5.41, 5.74) is 6.53. The highest BCUT2D eigenvalue weighted by atomic mass is 32.2. The van der Waals surface area contributed by atoms with Gasteiger partial charge >= 0.3 is 0 Å². The predicted molar refractivity (Wildman–Crippen MR) is 81.1 cm³/mol. The number of aryl methyl sites for hydroxylation is 1. The Morgan fingerprint density at radius 1 is 1.33 bits per heavy atom. The number of nitrogens with one attached hydrogen (secondary N) is 1. The fourth-order valence-electron chi connectivity index (χ4n) is 1.63. The third kappa shape index (κ3) is 3.84. The van der Waals surface area contributed by atoms with E-state index in [2.05, 4.69) is 21.5 Å². The van der Waals surface area contributed by atoms with E-state index in [1.54, 1.807) is 28.8 Å². The van der Waals surface area contributed by atoms with Gasteiger partial charge in [0.15, 0.2) is 5.03 Å². The van der Waals surface area contributed by atoms with Crippen LogP contribution in [0.5, 0.6) is 0 Å². The molecule has 1 heterocycles. The molecule has 1 aromatic heterocycles. The molecular weight excluding hydrogens is 288 g/mol. The molecule has 0 bridgehead atoms. The van der Waals surface area contributed by atoms with E-state index in [1.165, 1.54) is 12.5 Å². The van der Waals surface area contributed by atoms with Gasteiger partial charge in [-0.15, -0.1) is 0 Å². The number of benzene rings is 1. The zero-order valence-corrected chi connectivity index (χ0v) is 12.4. The van der Waals surface area contributed by atoms with Crippen LogP contribution in [0, 0.1) is 11.8 Å². The third-order valence-electron chi connectivity index (χ3n) is 2.72. The van der Waals surface area contributed by atoms with Crippen molar-refractivity contribution in [2.24, 2.45) is 5.73 Å². The van der Waals surface area contributed by atoms with Crippen LogP contribution in [0.4, 0.5) is 5.69 Å². The van der Waals surface area contributed by atoms with Crippen molar-refractivity contribution in [1.29, 1.82) is 0 Å². The minimum Gasteiger partial charge on any atom is -0.336 e. The maximum Gasteiger partial charge on any atom is 0.280 e. The number of hydrogen-bond donors (Lipinski definition) is 2. The summed E-state index contributed by atoms with van der Waals surface area (Å²) >= 11 is 0. The van der Waals surface area contributed by atoms with Crippen LogP contribution in [0.25, 0.3) is 0 Å². The van der Waals surface area contributed by atoms with Gasteiger partial charge in [-0.25, -0.2) is 4.98 Å². The number of imidazole rings is 1. The number of sulfonamides is 1. The fourth-order valence-corrected chi connectivity index (χ4v) is 2.64. The highest BCUT2D eigenvalue weighted by molar-refractivity contribution is 7.92. The molecule has 0 saturated carbocycles. The molecule has 3 N–H and O–H groups in total. The molecule has 0 spiro atoms. The molecule has 2 aromatic rings. The largest absolute Gasteiger partial charge is 0.336 e. The number of aromatic nitrogens is 2. The van der Waals surface area contributed by atoms with Gasteiger partial charge in [0, 0.05) is 24.0 Å². The standard InChI is InChI=1S/C14H16N4O2S/c1-2-18-10-14(16-11-18)21(19,20)17-13-7-5-12(6-8-13)4-3-9-15/h5-8,10-11,17H,2,9,15H2,1H3. The van der Waals surface area contributed by atoms with E-state index in [9.17, 15) is 8.42 Å². The second kappa shape index (κ2) is 6.43. The molecule has 0 radical (unpaired) electrons. The summed E-state index contributed by atoms with van der Waals surface area (Å²) < 4.78 is 28.5. The van der Waals surface area contributed by atoms with Crippen LogP contribution in [0.3, 0.4) is 0 Å². The summed E-state index contributed by atoms with van der Waals surface area (Å²) in [5, 5.41) is -0.00338. The molecule has 0 fully saturated rings. The van der Waals surface area contributed by atoms with E-state index >= 15 is 0 Å². The van der Waals surface area contributed by atoms with Crippen molar-refractivity contribution in [1.82, 2.24) is 9.55 Å². The minimum atomic E-state index is -3.67. The molecule has 0 aliphatic carbocycles. The van der Waals surface area contributed by atoms with Gasteiger partial charge in [0.1, 0.15) is 0 Å². The fraction of sp³-hybridized carbons (Fsp3) is 0.214. The van der Waals surface area contributed by atoms with Crippen molar-refractivity contribution in [3.05, 3.63) is 42.4 Å². The number of anilines is 1. The molecule has 110 valence electrons. The van der Waals surface area contributed by atoms with E-state index in [0.717, 1.165) is 5.56 Å². The second-order valence-electron chi connectivity index (χ2n) is 4.23. The van der Waals surface area contributed by atoms with E-state index < -0.39 is 10.0 Å². The zero-order valence-electron chi connectivity index (χ0n) is 11.6. The Balaban J connectivity index is 2.16. The lowest BCUT2D eigenvalue weighted by Crippen LogP contribution is -2.13. The molecule has 0 atom stereocenters. The summed E-state index contributed by atoms with van der Waals surface area (Å²) in [6.07, 6.45) is 2.98. The van der Waals surface area contributed by atoms with Crippen LogP contribution in [0.2, 0.25) is 0 Å². The van der Waals surface area contributed by atoms with E-state index in [1.807, 2.05) is 6.92 Å². The van der Waals surface area contributed by atoms with Crippen molar-refractivity contribution >= 4 is 15.7 Å². The molecule has 1 aromatic carbocycles. The summed E-state index contributed by atoms with van der Waals surface area (Å²) in [6.45, 7) is 2.86. The average molecular weight is 304 g/mol. The molecule has 0 aliphatic rings. The lowest BCUT2D eigenvalue weighted by atomic mass is 10.2. The first-order chi connectivity index (χ1) is 10.0. The quantitative estimate of drug-likeness (QED) is 0.825. The van der Waals surface area contributed by atoms with Crippen LogP contribution >= 0.6 is 0 Å². The van der Waals surface area contributed by atoms with Crippen LogP contribution < -0.4 is 10.5 Å². The Hall–Kier alpha value is -2.30. The Bertz CT molecular complexity index is 767. The number of nitrogens with two attached hydrogens (primary N) is 1. The molecule has 2 rings (SSSR count). The minimum absolute atomic E-state index is 0.00338. The van der Waals surface area contributed by atoms with Gasteiger partial charge in [-0.1, -0.05) is 11.8 Å². The van der Waals surface area contributed by atoms with Gasteiger partial charge in [-0.05, 0) is 31.2 Å². The van der Waals surface area contributed by atoms with Crippen LogP contribution in [0.15, 0.2) is 41.8 Å². The van der Waals surface area contributed by atoms with E-state index in [0.29, 0.717) is 12.2 Å². The van der Waals surface area contributed by atoms with E-state index in [4.69, 9.17) is 5.73 Å². The van der Waals surface area contributed by atoms with Crippen LogP contribution in [0.1, 0.15) is 12.5 Å².